The van der Waals surface area contributed by atoms with Crippen LogP contribution in [0.1, 0.15) is 56.2 Å². The first-order valence-electron chi connectivity index (χ1n) is 16.3. The molecule has 1 saturated heterocycles. The van der Waals surface area contributed by atoms with Crippen LogP contribution in [-0.4, -0.2) is 64.9 Å². The smallest absolute Gasteiger partial charge is 0.407 e. The third kappa shape index (κ3) is 7.56. The van der Waals surface area contributed by atoms with Gasteiger partial charge < -0.3 is 19.7 Å². The zero-order valence-corrected chi connectivity index (χ0v) is 29.5. The van der Waals surface area contributed by atoms with Crippen molar-refractivity contribution in [1.82, 2.24) is 34.7 Å². The Balaban J connectivity index is 1.10. The Morgan fingerprint density at radius 3 is 2.41 bits per heavy atom. The number of carbonyl (C=O) groups excluding carboxylic acids is 1. The lowest BCUT2D eigenvalue weighted by atomic mass is 9.91. The van der Waals surface area contributed by atoms with E-state index in [2.05, 4.69) is 25.5 Å². The minimum atomic E-state index is -1.06. The summed E-state index contributed by atoms with van der Waals surface area (Å²) in [7, 11) is 1.78. The molecule has 1 fully saturated rings. The number of fused-ring (bicyclic) bond motifs is 1. The molecule has 258 valence electrons. The number of alkyl carbamates (subject to hydrolysis) is 1. The first kappa shape index (κ1) is 34.3. The Labute approximate surface area is 289 Å². The fraction of sp³-hybridized carbons (Fsp3) is 0.417. The summed E-state index contributed by atoms with van der Waals surface area (Å²) < 4.78 is 13.7. The van der Waals surface area contributed by atoms with Crippen LogP contribution in [0.3, 0.4) is 0 Å². The number of nitrogens with one attached hydrogen (secondary N) is 1. The Bertz CT molecular complexity index is 2030. The first-order valence-corrected chi connectivity index (χ1v) is 16.7. The number of halogens is 1. The molecule has 1 amide bonds. The van der Waals surface area contributed by atoms with Crippen molar-refractivity contribution in [2.24, 2.45) is 7.05 Å². The molecule has 6 rings (SSSR count). The molecule has 13 heteroatoms. The zero-order valence-electron chi connectivity index (χ0n) is 28.7. The van der Waals surface area contributed by atoms with Crippen LogP contribution in [-0.2, 0) is 31.4 Å². The topological polar surface area (TPSA) is 141 Å². The van der Waals surface area contributed by atoms with E-state index in [-0.39, 0.29) is 17.6 Å². The van der Waals surface area contributed by atoms with Gasteiger partial charge in [0.15, 0.2) is 5.52 Å². The maximum Gasteiger partial charge on any atom is 0.407 e. The van der Waals surface area contributed by atoms with Crippen molar-refractivity contribution in [2.45, 2.75) is 78.3 Å². The number of amides is 1. The predicted octanol–water partition coefficient (Wildman–Crippen LogP) is 5.77. The zero-order chi connectivity index (χ0) is 35.1. The van der Waals surface area contributed by atoms with Crippen LogP contribution in [0.4, 0.5) is 4.79 Å². The number of ether oxygens (including phenoxy) is 1. The van der Waals surface area contributed by atoms with Crippen molar-refractivity contribution in [3.63, 3.8) is 0 Å². The lowest BCUT2D eigenvalue weighted by Gasteiger charge is -2.38. The highest BCUT2D eigenvalue weighted by atomic mass is 35.5. The average Bonchev–Trinajstić information content (AvgIpc) is 3.56. The summed E-state index contributed by atoms with van der Waals surface area (Å²) in [6.07, 6.45) is 2.01. The highest BCUT2D eigenvalue weighted by Gasteiger charge is 2.34. The summed E-state index contributed by atoms with van der Waals surface area (Å²) in [4.78, 5) is 32.5. The number of carbonyl (C=O) groups is 1. The fourth-order valence-electron chi connectivity index (χ4n) is 6.37. The molecule has 2 aromatic carbocycles. The summed E-state index contributed by atoms with van der Waals surface area (Å²) in [6.45, 7) is 11.7. The minimum absolute atomic E-state index is 0.126. The van der Waals surface area contributed by atoms with E-state index >= 15 is 0 Å². The Morgan fingerprint density at radius 1 is 1.08 bits per heavy atom. The SMILES string of the molecule is Cc1noc(C)c1-c1ccc(CN2CCC(O)(Cn3cnc4c(-c5ccc(CNC(=O)OC(C)(C)C)cc5)n(C)nc4c3=O)CC2)c(Cl)c1. The van der Waals surface area contributed by atoms with Gasteiger partial charge in [-0.3, -0.25) is 18.9 Å². The third-order valence-electron chi connectivity index (χ3n) is 8.90. The summed E-state index contributed by atoms with van der Waals surface area (Å²) >= 11 is 6.70. The number of hydrogen-bond acceptors (Lipinski definition) is 9. The van der Waals surface area contributed by atoms with Gasteiger partial charge in [0.05, 0.1) is 29.9 Å². The van der Waals surface area contributed by atoms with Gasteiger partial charge >= 0.3 is 6.09 Å². The molecule has 3 aromatic heterocycles. The molecule has 1 aliphatic heterocycles. The molecule has 0 atom stereocenters. The molecule has 0 aliphatic carbocycles. The molecular formula is C36H42ClN7O5. The van der Waals surface area contributed by atoms with Crippen molar-refractivity contribution in [1.29, 1.82) is 0 Å². The standard InChI is InChI=1S/C36H42ClN7O5/c1-22-29(23(2)49-41-22)26-11-12-27(28(37)17-26)19-43-15-13-36(47,14-16-43)20-44-21-39-30-31(33(44)45)40-42(6)32(30)25-9-7-24(8-10-25)18-38-34(46)48-35(3,4)5/h7-12,17,21,47H,13-16,18-20H2,1-6H3,(H,38,46). The first-order chi connectivity index (χ1) is 23.2. The largest absolute Gasteiger partial charge is 0.444 e. The van der Waals surface area contributed by atoms with Crippen LogP contribution < -0.4 is 10.9 Å². The van der Waals surface area contributed by atoms with Crippen LogP contribution in [0, 0.1) is 13.8 Å². The number of rotatable bonds is 8. The minimum Gasteiger partial charge on any atom is -0.444 e. The molecule has 2 N–H and O–H groups in total. The normalized spacial score (nSPS) is 15.1. The number of piperidine rings is 1. The molecule has 0 unspecified atom stereocenters. The van der Waals surface area contributed by atoms with Gasteiger partial charge in [0.1, 0.15) is 16.9 Å². The van der Waals surface area contributed by atoms with Gasteiger partial charge in [-0.05, 0) is 70.2 Å². The van der Waals surface area contributed by atoms with E-state index in [4.69, 9.17) is 20.9 Å². The maximum absolute atomic E-state index is 13.6. The molecule has 0 spiro atoms. The molecule has 49 heavy (non-hydrogen) atoms. The molecule has 5 aromatic rings. The second kappa shape index (κ2) is 13.4. The van der Waals surface area contributed by atoms with E-state index in [0.29, 0.717) is 55.3 Å². The van der Waals surface area contributed by atoms with E-state index in [1.807, 2.05) is 77.1 Å². The van der Waals surface area contributed by atoms with Crippen LogP contribution in [0.25, 0.3) is 33.4 Å². The lowest BCUT2D eigenvalue weighted by Crippen LogP contribution is -2.47. The van der Waals surface area contributed by atoms with E-state index in [0.717, 1.165) is 39.3 Å². The number of aryl methyl sites for hydroxylation is 3. The van der Waals surface area contributed by atoms with Crippen molar-refractivity contribution in [2.75, 3.05) is 13.1 Å². The highest BCUT2D eigenvalue weighted by Crippen LogP contribution is 2.32. The number of aliphatic hydroxyl groups is 1. The molecule has 0 bridgehead atoms. The van der Waals surface area contributed by atoms with Crippen molar-refractivity contribution >= 4 is 28.7 Å². The average molecular weight is 688 g/mol. The summed E-state index contributed by atoms with van der Waals surface area (Å²) in [5.41, 5.74) is 4.99. The Hall–Kier alpha value is -4.52. The van der Waals surface area contributed by atoms with Gasteiger partial charge in [0.25, 0.3) is 5.56 Å². The number of hydrogen-bond donors (Lipinski definition) is 2. The third-order valence-corrected chi connectivity index (χ3v) is 9.25. The van der Waals surface area contributed by atoms with Gasteiger partial charge in [-0.25, -0.2) is 9.78 Å². The van der Waals surface area contributed by atoms with Gasteiger partial charge in [0.2, 0.25) is 0 Å². The monoisotopic (exact) mass is 687 g/mol. The molecule has 1 aliphatic rings. The molecule has 0 saturated carbocycles. The summed E-state index contributed by atoms with van der Waals surface area (Å²) in [6, 6.07) is 13.6. The lowest BCUT2D eigenvalue weighted by molar-refractivity contribution is -0.0364. The van der Waals surface area contributed by atoms with Crippen LogP contribution in [0.2, 0.25) is 5.02 Å². The molecule has 4 heterocycles. The van der Waals surface area contributed by atoms with E-state index in [1.165, 1.54) is 10.9 Å². The Morgan fingerprint density at radius 2 is 1.78 bits per heavy atom. The van der Waals surface area contributed by atoms with Crippen molar-refractivity contribution in [3.05, 3.63) is 86.7 Å². The highest BCUT2D eigenvalue weighted by molar-refractivity contribution is 6.31. The molecular weight excluding hydrogens is 646 g/mol. The van der Waals surface area contributed by atoms with Crippen LogP contribution in [0.5, 0.6) is 0 Å². The predicted molar refractivity (Wildman–Crippen MR) is 187 cm³/mol. The fourth-order valence-corrected chi connectivity index (χ4v) is 6.61. The second-order valence-corrected chi connectivity index (χ2v) is 14.3. The van der Waals surface area contributed by atoms with Gasteiger partial charge in [0, 0.05) is 49.4 Å². The maximum atomic E-state index is 13.6. The van der Waals surface area contributed by atoms with E-state index < -0.39 is 17.3 Å². The summed E-state index contributed by atoms with van der Waals surface area (Å²) in [5, 5.41) is 23.5. The Kier molecular flexibility index (Phi) is 9.40. The summed E-state index contributed by atoms with van der Waals surface area (Å²) in [5.74, 6) is 0.756. The van der Waals surface area contributed by atoms with E-state index in [1.54, 1.807) is 11.7 Å². The van der Waals surface area contributed by atoms with Gasteiger partial charge in [-0.2, -0.15) is 5.10 Å². The van der Waals surface area contributed by atoms with E-state index in [9.17, 15) is 14.7 Å². The number of nitrogens with zero attached hydrogens (tertiary/aromatic N) is 6. The van der Waals surface area contributed by atoms with Gasteiger partial charge in [-0.1, -0.05) is 53.2 Å². The number of likely N-dealkylation sites (tertiary alicyclic amines) is 1. The van der Waals surface area contributed by atoms with Crippen molar-refractivity contribution in [3.8, 4) is 22.4 Å². The number of benzene rings is 2. The van der Waals surface area contributed by atoms with Gasteiger partial charge in [-0.15, -0.1) is 0 Å². The van der Waals surface area contributed by atoms with Crippen molar-refractivity contribution < 1.29 is 19.2 Å². The van der Waals surface area contributed by atoms with Crippen LogP contribution >= 0.6 is 11.6 Å². The molecule has 0 radical (unpaired) electrons. The number of aromatic nitrogens is 5. The van der Waals surface area contributed by atoms with Crippen LogP contribution in [0.15, 0.2) is 58.1 Å². The second-order valence-electron chi connectivity index (χ2n) is 13.9. The quantitative estimate of drug-likeness (QED) is 0.208. The molecule has 12 nitrogen and oxygen atoms in total.